The number of benzene rings is 2. The van der Waals surface area contributed by atoms with Crippen LogP contribution in [-0.4, -0.2) is 21.7 Å². The maximum Gasteiger partial charge on any atom is 0.392 e. The van der Waals surface area contributed by atoms with Crippen LogP contribution in [0.5, 0.6) is 0 Å². The number of alkyl halides is 4. The number of anilines is 1. The Morgan fingerprint density at radius 1 is 1.08 bits per heavy atom. The van der Waals surface area contributed by atoms with Gasteiger partial charge in [0, 0.05) is 5.02 Å². The zero-order valence-electron chi connectivity index (χ0n) is 20.7. The van der Waals surface area contributed by atoms with E-state index in [4.69, 9.17) is 27.9 Å². The van der Waals surface area contributed by atoms with Gasteiger partial charge in [0.05, 0.1) is 29.0 Å². The molecule has 3 rings (SSSR count). The van der Waals surface area contributed by atoms with Crippen molar-refractivity contribution in [1.29, 1.82) is 0 Å². The minimum atomic E-state index is -4.60. The Morgan fingerprint density at radius 3 is 2.22 bits per heavy atom. The molecule has 37 heavy (non-hydrogen) atoms. The van der Waals surface area contributed by atoms with Crippen LogP contribution in [0.3, 0.4) is 0 Å². The lowest BCUT2D eigenvalue weighted by atomic mass is 9.85. The SMILES string of the molecule is C[C@H]([C@H](C(=O)Nc1cc(C(CC(=O)OC(C)(C)I)CC2CC2)ccc1Cl)c1ccc(Cl)cc1)C(F)(F)F. The topological polar surface area (TPSA) is 55.4 Å². The van der Waals surface area contributed by atoms with Crippen LogP contribution in [0.4, 0.5) is 18.9 Å². The molecule has 4 nitrogen and oxygen atoms in total. The number of hydrogen-bond donors (Lipinski definition) is 1. The van der Waals surface area contributed by atoms with Crippen molar-refractivity contribution in [3.05, 3.63) is 63.6 Å². The van der Waals surface area contributed by atoms with Crippen molar-refractivity contribution in [2.45, 2.75) is 68.1 Å². The third-order valence-corrected chi connectivity index (χ3v) is 7.13. The highest BCUT2D eigenvalue weighted by molar-refractivity contribution is 14.1. The van der Waals surface area contributed by atoms with E-state index in [0.29, 0.717) is 10.9 Å². The van der Waals surface area contributed by atoms with E-state index in [1.165, 1.54) is 24.3 Å². The summed E-state index contributed by atoms with van der Waals surface area (Å²) in [5.41, 5.74) is 1.15. The molecular formula is C27H29Cl2F3INO3. The molecule has 1 saturated carbocycles. The molecule has 1 amide bonds. The predicted octanol–water partition coefficient (Wildman–Crippen LogP) is 8.90. The summed E-state index contributed by atoms with van der Waals surface area (Å²) in [7, 11) is 0. The summed E-state index contributed by atoms with van der Waals surface area (Å²) in [6, 6.07) is 10.7. The first-order valence-electron chi connectivity index (χ1n) is 12.0. The van der Waals surface area contributed by atoms with Crippen LogP contribution in [0.2, 0.25) is 10.0 Å². The van der Waals surface area contributed by atoms with Gasteiger partial charge >= 0.3 is 12.1 Å². The molecule has 1 unspecified atom stereocenters. The van der Waals surface area contributed by atoms with Crippen LogP contribution < -0.4 is 5.32 Å². The zero-order chi connectivity index (χ0) is 27.5. The Hall–Kier alpha value is -1.52. The molecule has 1 aliphatic rings. The number of amides is 1. The van der Waals surface area contributed by atoms with E-state index in [0.717, 1.165) is 31.7 Å². The van der Waals surface area contributed by atoms with E-state index in [9.17, 15) is 22.8 Å². The molecule has 2 aromatic carbocycles. The second-order valence-corrected chi connectivity index (χ2v) is 13.4. The maximum atomic E-state index is 13.7. The van der Waals surface area contributed by atoms with Crippen LogP contribution >= 0.6 is 45.8 Å². The van der Waals surface area contributed by atoms with Crippen molar-refractivity contribution >= 4 is 63.4 Å². The number of carbonyl (C=O) groups excluding carboxylic acids is 2. The largest absolute Gasteiger partial charge is 0.449 e. The van der Waals surface area contributed by atoms with Gasteiger partial charge in [-0.25, -0.2) is 0 Å². The number of halogens is 6. The molecular weight excluding hydrogens is 641 g/mol. The van der Waals surface area contributed by atoms with Gasteiger partial charge in [-0.15, -0.1) is 0 Å². The standard InChI is InChI=1S/C27H29Cl2F3INO3/c1-15(27(30,31)32)24(17-6-9-20(28)10-7-17)25(36)34-22-13-18(8-11-21(22)29)19(12-16-4-5-16)14-23(35)37-26(2,3)33/h6-11,13,15-16,19,24H,4-5,12,14H2,1-3H3,(H,34,36)/t15-,19?,24+/m1/s1. The number of hydrogen-bond acceptors (Lipinski definition) is 3. The first kappa shape index (κ1) is 30.0. The smallest absolute Gasteiger partial charge is 0.392 e. The molecule has 0 bridgehead atoms. The fourth-order valence-electron chi connectivity index (χ4n) is 4.24. The lowest BCUT2D eigenvalue weighted by Crippen LogP contribution is -2.34. The summed E-state index contributed by atoms with van der Waals surface area (Å²) < 4.78 is 46.0. The normalized spacial score (nSPS) is 16.6. The van der Waals surface area contributed by atoms with E-state index in [1.807, 2.05) is 22.6 Å². The third-order valence-electron chi connectivity index (χ3n) is 6.33. The van der Waals surface area contributed by atoms with Gasteiger partial charge in [0.1, 0.15) is 0 Å². The Bertz CT molecular complexity index is 1120. The monoisotopic (exact) mass is 669 g/mol. The third kappa shape index (κ3) is 9.03. The van der Waals surface area contributed by atoms with Crippen LogP contribution in [0.15, 0.2) is 42.5 Å². The van der Waals surface area contributed by atoms with Gasteiger partial charge < -0.3 is 10.1 Å². The molecule has 0 radical (unpaired) electrons. The summed E-state index contributed by atoms with van der Waals surface area (Å²) >= 11 is 14.3. The number of ether oxygens (including phenoxy) is 1. The molecule has 2 aromatic rings. The van der Waals surface area contributed by atoms with Gasteiger partial charge in [-0.05, 0) is 90.1 Å². The molecule has 0 saturated heterocycles. The minimum absolute atomic E-state index is 0.149. The minimum Gasteiger partial charge on any atom is -0.449 e. The fraction of sp³-hybridized carbons (Fsp3) is 0.481. The number of esters is 1. The Kier molecular flexibility index (Phi) is 9.83. The zero-order valence-corrected chi connectivity index (χ0v) is 24.3. The molecule has 1 fully saturated rings. The second kappa shape index (κ2) is 12.1. The van der Waals surface area contributed by atoms with Crippen LogP contribution in [0, 0.1) is 11.8 Å². The van der Waals surface area contributed by atoms with Crippen molar-refractivity contribution in [1.82, 2.24) is 0 Å². The summed E-state index contributed by atoms with van der Waals surface area (Å²) in [5.74, 6) is -4.32. The molecule has 1 aliphatic carbocycles. The van der Waals surface area contributed by atoms with Crippen molar-refractivity contribution < 1.29 is 27.5 Å². The van der Waals surface area contributed by atoms with E-state index in [1.54, 1.807) is 32.0 Å². The van der Waals surface area contributed by atoms with Gasteiger partial charge in [-0.2, -0.15) is 13.2 Å². The van der Waals surface area contributed by atoms with Crippen LogP contribution in [-0.2, 0) is 14.3 Å². The molecule has 10 heteroatoms. The van der Waals surface area contributed by atoms with Gasteiger partial charge in [0.25, 0.3) is 0 Å². The fourth-order valence-corrected chi connectivity index (χ4v) is 4.77. The average molecular weight is 670 g/mol. The van der Waals surface area contributed by atoms with Gasteiger partial charge in [0.2, 0.25) is 5.91 Å². The number of rotatable bonds is 10. The first-order chi connectivity index (χ1) is 17.1. The number of nitrogens with one attached hydrogen (secondary N) is 1. The maximum absolute atomic E-state index is 13.7. The first-order valence-corrected chi connectivity index (χ1v) is 13.8. The predicted molar refractivity (Wildman–Crippen MR) is 148 cm³/mol. The van der Waals surface area contributed by atoms with Gasteiger partial charge in [-0.1, -0.05) is 61.2 Å². The highest BCUT2D eigenvalue weighted by atomic mass is 127. The average Bonchev–Trinajstić information content (AvgIpc) is 3.58. The van der Waals surface area contributed by atoms with E-state index in [2.05, 4.69) is 5.32 Å². The summed E-state index contributed by atoms with van der Waals surface area (Å²) in [6.07, 6.45) is -1.52. The Labute approximate surface area is 238 Å². The van der Waals surface area contributed by atoms with Crippen molar-refractivity contribution in [3.63, 3.8) is 0 Å². The summed E-state index contributed by atoms with van der Waals surface area (Å²) in [4.78, 5) is 25.8. The molecule has 0 heterocycles. The lowest BCUT2D eigenvalue weighted by molar-refractivity contribution is -0.178. The van der Waals surface area contributed by atoms with Crippen LogP contribution in [0.25, 0.3) is 0 Å². The molecule has 0 spiro atoms. The van der Waals surface area contributed by atoms with Crippen molar-refractivity contribution in [2.24, 2.45) is 11.8 Å². The van der Waals surface area contributed by atoms with Crippen molar-refractivity contribution in [2.75, 3.05) is 5.32 Å². The van der Waals surface area contributed by atoms with Gasteiger partial charge in [-0.3, -0.25) is 9.59 Å². The molecule has 202 valence electrons. The van der Waals surface area contributed by atoms with Gasteiger partial charge in [0.15, 0.2) is 3.61 Å². The van der Waals surface area contributed by atoms with E-state index in [-0.39, 0.29) is 34.6 Å². The molecule has 0 aromatic heterocycles. The molecule has 0 aliphatic heterocycles. The second-order valence-electron chi connectivity index (χ2n) is 10.0. The highest BCUT2D eigenvalue weighted by Crippen LogP contribution is 2.42. The Balaban J connectivity index is 1.88. The lowest BCUT2D eigenvalue weighted by Gasteiger charge is -2.26. The number of carbonyl (C=O) groups is 2. The summed E-state index contributed by atoms with van der Waals surface area (Å²) in [5, 5.41) is 3.15. The highest BCUT2D eigenvalue weighted by Gasteiger charge is 2.45. The quantitative estimate of drug-likeness (QED) is 0.156. The van der Waals surface area contributed by atoms with Crippen LogP contribution in [0.1, 0.15) is 69.4 Å². The summed E-state index contributed by atoms with van der Waals surface area (Å²) in [6.45, 7) is 4.55. The molecule has 3 atom stereocenters. The molecule has 1 N–H and O–H groups in total. The van der Waals surface area contributed by atoms with E-state index >= 15 is 0 Å². The Morgan fingerprint density at radius 2 is 1.68 bits per heavy atom. The van der Waals surface area contributed by atoms with E-state index < -0.39 is 27.5 Å². The van der Waals surface area contributed by atoms with Crippen molar-refractivity contribution in [3.8, 4) is 0 Å².